The van der Waals surface area contributed by atoms with Gasteiger partial charge >= 0.3 is 18.2 Å². The van der Waals surface area contributed by atoms with Crippen molar-refractivity contribution in [1.29, 1.82) is 0 Å². The van der Waals surface area contributed by atoms with Crippen molar-refractivity contribution in [2.24, 2.45) is 0 Å². The van der Waals surface area contributed by atoms with Crippen LogP contribution in [0.25, 0.3) is 11.0 Å². The smallest absolute Gasteiger partial charge is 0.424 e. The highest BCUT2D eigenvalue weighted by Crippen LogP contribution is 2.31. The van der Waals surface area contributed by atoms with Gasteiger partial charge < -0.3 is 23.5 Å². The van der Waals surface area contributed by atoms with Crippen molar-refractivity contribution >= 4 is 46.5 Å². The molecule has 0 aliphatic rings. The Morgan fingerprint density at radius 2 is 1.50 bits per heavy atom. The van der Waals surface area contributed by atoms with Crippen LogP contribution in [0.5, 0.6) is 5.75 Å². The number of carbonyl (C=O) groups excluding carboxylic acids is 3. The maximum Gasteiger partial charge on any atom is 0.424 e. The van der Waals surface area contributed by atoms with E-state index in [1.165, 1.54) is 13.2 Å². The molecule has 0 saturated heterocycles. The number of imidazole rings is 1. The summed E-state index contributed by atoms with van der Waals surface area (Å²) in [5, 5.41) is 0.333. The fourth-order valence-corrected chi connectivity index (χ4v) is 4.98. The lowest BCUT2D eigenvalue weighted by Gasteiger charge is -2.28. The Hall–Kier alpha value is -4.57. The van der Waals surface area contributed by atoms with Crippen molar-refractivity contribution in [2.75, 3.05) is 12.0 Å². The third-order valence-corrected chi connectivity index (χ3v) is 7.15. The number of ether oxygens (including phenoxy) is 4. The van der Waals surface area contributed by atoms with Crippen molar-refractivity contribution in [3.8, 4) is 5.75 Å². The molecule has 46 heavy (non-hydrogen) atoms. The molecule has 4 aromatic rings. The van der Waals surface area contributed by atoms with Gasteiger partial charge in [-0.05, 0) is 90.8 Å². The predicted octanol–water partition coefficient (Wildman–Crippen LogP) is 8.40. The second kappa shape index (κ2) is 13.4. The van der Waals surface area contributed by atoms with Crippen LogP contribution < -0.4 is 9.64 Å². The van der Waals surface area contributed by atoms with Gasteiger partial charge in [0, 0.05) is 16.7 Å². The molecule has 0 N–H and O–H groups in total. The van der Waals surface area contributed by atoms with Gasteiger partial charge in [-0.3, -0.25) is 0 Å². The number of fused-ring (bicyclic) bond motifs is 1. The zero-order valence-corrected chi connectivity index (χ0v) is 28.4. The molecule has 11 heteroatoms. The standard InChI is InChI=1S/C35H40ClN3O7/c1-21-16-26(44-20-24-12-10-11-13-27(24)31(40)43-9)18-29-30(21)37-22(2)38(29)19-23-14-15-25(17-28(23)36)39(32(41)45-34(3,4)5)33(42)46-35(6,7)8/h10-18H,19-20H2,1-9H3. The van der Waals surface area contributed by atoms with Crippen molar-refractivity contribution in [3.63, 3.8) is 0 Å². The number of methoxy groups -OCH3 is 1. The Balaban J connectivity index is 1.64. The average molecular weight is 650 g/mol. The molecule has 1 heterocycles. The normalized spacial score (nSPS) is 11.7. The van der Waals surface area contributed by atoms with Gasteiger partial charge in [0.1, 0.15) is 29.4 Å². The number of esters is 1. The molecule has 244 valence electrons. The van der Waals surface area contributed by atoms with Crippen LogP contribution in [0, 0.1) is 13.8 Å². The lowest BCUT2D eigenvalue weighted by atomic mass is 10.1. The molecule has 0 unspecified atom stereocenters. The monoisotopic (exact) mass is 649 g/mol. The Morgan fingerprint density at radius 1 is 0.870 bits per heavy atom. The minimum absolute atomic E-state index is 0.169. The molecule has 0 saturated carbocycles. The van der Waals surface area contributed by atoms with E-state index < -0.39 is 29.4 Å². The van der Waals surface area contributed by atoms with E-state index >= 15 is 0 Å². The van der Waals surface area contributed by atoms with Gasteiger partial charge in [0.15, 0.2) is 0 Å². The molecular weight excluding hydrogens is 610 g/mol. The second-order valence-electron chi connectivity index (χ2n) is 12.9. The number of imide groups is 1. The molecular formula is C35H40ClN3O7. The highest BCUT2D eigenvalue weighted by molar-refractivity contribution is 6.32. The van der Waals surface area contributed by atoms with Gasteiger partial charge in [-0.15, -0.1) is 0 Å². The molecule has 0 spiro atoms. The largest absolute Gasteiger partial charge is 0.489 e. The van der Waals surface area contributed by atoms with Crippen LogP contribution in [0.15, 0.2) is 54.6 Å². The molecule has 2 amide bonds. The number of benzene rings is 3. The minimum atomic E-state index is -0.876. The third-order valence-electron chi connectivity index (χ3n) is 6.80. The molecule has 10 nitrogen and oxygen atoms in total. The van der Waals surface area contributed by atoms with Gasteiger partial charge in [-0.25, -0.2) is 19.4 Å². The molecule has 4 rings (SSSR count). The first kappa shape index (κ1) is 34.3. The summed E-state index contributed by atoms with van der Waals surface area (Å²) in [7, 11) is 1.35. The number of nitrogens with zero attached hydrogens (tertiary/aromatic N) is 3. The summed E-state index contributed by atoms with van der Waals surface area (Å²) in [6.07, 6.45) is -1.75. The molecule has 0 radical (unpaired) electrons. The van der Waals surface area contributed by atoms with Gasteiger partial charge in [-0.2, -0.15) is 4.90 Å². The molecule has 0 atom stereocenters. The lowest BCUT2D eigenvalue weighted by molar-refractivity contribution is 0.0429. The number of anilines is 1. The van der Waals surface area contributed by atoms with E-state index in [1.54, 1.807) is 65.8 Å². The molecule has 0 fully saturated rings. The van der Waals surface area contributed by atoms with Gasteiger partial charge in [0.05, 0.1) is 35.9 Å². The second-order valence-corrected chi connectivity index (χ2v) is 13.3. The van der Waals surface area contributed by atoms with Crippen LogP contribution >= 0.6 is 11.6 Å². The number of rotatable bonds is 7. The van der Waals surface area contributed by atoms with E-state index in [0.717, 1.165) is 32.9 Å². The van der Waals surface area contributed by atoms with E-state index in [0.29, 0.717) is 28.4 Å². The molecule has 3 aromatic carbocycles. The Morgan fingerprint density at radius 3 is 2.09 bits per heavy atom. The quantitative estimate of drug-likeness (QED) is 0.145. The number of aromatic nitrogens is 2. The summed E-state index contributed by atoms with van der Waals surface area (Å²) in [6, 6.07) is 15.9. The topological polar surface area (TPSA) is 109 Å². The van der Waals surface area contributed by atoms with E-state index in [2.05, 4.69) is 0 Å². The highest BCUT2D eigenvalue weighted by Gasteiger charge is 2.33. The molecule has 0 bridgehead atoms. The van der Waals surface area contributed by atoms with Gasteiger partial charge in [0.2, 0.25) is 0 Å². The maximum absolute atomic E-state index is 13.1. The Kier molecular flexibility index (Phi) is 10.0. The average Bonchev–Trinajstić information content (AvgIpc) is 3.26. The Bertz CT molecular complexity index is 1760. The number of halogens is 1. The predicted molar refractivity (Wildman–Crippen MR) is 177 cm³/mol. The lowest BCUT2D eigenvalue weighted by Crippen LogP contribution is -2.43. The first-order valence-corrected chi connectivity index (χ1v) is 15.2. The maximum atomic E-state index is 13.1. The summed E-state index contributed by atoms with van der Waals surface area (Å²) in [6.45, 7) is 14.7. The van der Waals surface area contributed by atoms with Crippen molar-refractivity contribution < 1.29 is 33.3 Å². The van der Waals surface area contributed by atoms with Gasteiger partial charge in [0.25, 0.3) is 0 Å². The van der Waals surface area contributed by atoms with Crippen molar-refractivity contribution in [3.05, 3.63) is 87.7 Å². The van der Waals surface area contributed by atoms with E-state index in [1.807, 2.05) is 42.7 Å². The van der Waals surface area contributed by atoms with Crippen LogP contribution in [0.4, 0.5) is 15.3 Å². The number of amides is 2. The summed E-state index contributed by atoms with van der Waals surface area (Å²) in [4.78, 5) is 44.1. The van der Waals surface area contributed by atoms with E-state index in [-0.39, 0.29) is 12.3 Å². The van der Waals surface area contributed by atoms with Crippen LogP contribution in [0.3, 0.4) is 0 Å². The fraction of sp³-hybridized carbons (Fsp3) is 0.371. The first-order valence-electron chi connectivity index (χ1n) is 14.8. The highest BCUT2D eigenvalue weighted by atomic mass is 35.5. The summed E-state index contributed by atoms with van der Waals surface area (Å²) < 4.78 is 24.1. The summed E-state index contributed by atoms with van der Waals surface area (Å²) >= 11 is 6.77. The molecule has 1 aromatic heterocycles. The van der Waals surface area contributed by atoms with E-state index in [4.69, 9.17) is 35.5 Å². The minimum Gasteiger partial charge on any atom is -0.489 e. The zero-order chi connectivity index (χ0) is 34.0. The fourth-order valence-electron chi connectivity index (χ4n) is 4.75. The van der Waals surface area contributed by atoms with Crippen molar-refractivity contribution in [1.82, 2.24) is 9.55 Å². The van der Waals surface area contributed by atoms with E-state index in [9.17, 15) is 14.4 Å². The first-order chi connectivity index (χ1) is 21.5. The van der Waals surface area contributed by atoms with Crippen LogP contribution in [0.2, 0.25) is 5.02 Å². The molecule has 0 aliphatic carbocycles. The zero-order valence-electron chi connectivity index (χ0n) is 27.7. The van der Waals surface area contributed by atoms with Gasteiger partial charge in [-0.1, -0.05) is 35.9 Å². The van der Waals surface area contributed by atoms with Crippen LogP contribution in [0.1, 0.15) is 74.4 Å². The summed E-state index contributed by atoms with van der Waals surface area (Å²) in [5.41, 5.74) is 2.97. The SMILES string of the molecule is COC(=O)c1ccccc1COc1cc(C)c2nc(C)n(Cc3ccc(N(C(=O)OC(C)(C)C)C(=O)OC(C)(C)C)cc3Cl)c2c1. The van der Waals surface area contributed by atoms with Crippen molar-refractivity contribution in [2.45, 2.75) is 79.7 Å². The molecule has 0 aliphatic heterocycles. The summed E-state index contributed by atoms with van der Waals surface area (Å²) in [5.74, 6) is 0.941. The van der Waals surface area contributed by atoms with Crippen LogP contribution in [-0.4, -0.2) is 46.0 Å². The number of aryl methyl sites for hydroxylation is 2. The number of carbonyl (C=O) groups is 3. The third kappa shape index (κ3) is 8.17. The number of hydrogen-bond acceptors (Lipinski definition) is 8. The number of hydrogen-bond donors (Lipinski definition) is 0. The Labute approximate surface area is 274 Å². The van der Waals surface area contributed by atoms with Crippen LogP contribution in [-0.2, 0) is 27.4 Å².